The Morgan fingerprint density at radius 2 is 2.18 bits per heavy atom. The van der Waals surface area contributed by atoms with Crippen LogP contribution in [-0.4, -0.2) is 15.5 Å². The first-order chi connectivity index (χ1) is 10.6. The number of halogens is 1. The Labute approximate surface area is 125 Å². The fourth-order valence-electron chi connectivity index (χ4n) is 1.60. The fraction of sp³-hybridized carbons (Fsp3) is 0.143. The molecule has 0 aliphatic heterocycles. The van der Waals surface area contributed by atoms with Crippen LogP contribution in [0.1, 0.15) is 5.69 Å². The normalized spacial score (nSPS) is 9.45. The molecule has 1 heterocycles. The molecular weight excluding hydrogens is 287 g/mol. The van der Waals surface area contributed by atoms with Crippen LogP contribution in [0.5, 0.6) is 5.75 Å². The second-order valence-electron chi connectivity index (χ2n) is 4.21. The molecule has 8 heteroatoms. The molecule has 110 valence electrons. The minimum atomic E-state index is -0.502. The van der Waals surface area contributed by atoms with Crippen molar-refractivity contribution < 1.29 is 9.13 Å². The van der Waals surface area contributed by atoms with E-state index >= 15 is 0 Å². The second kappa shape index (κ2) is 6.86. The summed E-state index contributed by atoms with van der Waals surface area (Å²) in [7, 11) is 1.79. The summed E-state index contributed by atoms with van der Waals surface area (Å²) in [5.74, 6) is -0.176. The molecule has 2 aromatic rings. The van der Waals surface area contributed by atoms with E-state index in [0.717, 1.165) is 6.07 Å². The predicted molar refractivity (Wildman–Crippen MR) is 76.2 cm³/mol. The Balaban J connectivity index is 2.15. The van der Waals surface area contributed by atoms with Crippen molar-refractivity contribution in [3.63, 3.8) is 0 Å². The van der Waals surface area contributed by atoms with Gasteiger partial charge in [0.1, 0.15) is 36.0 Å². The van der Waals surface area contributed by atoms with Gasteiger partial charge in [0, 0.05) is 19.3 Å². The van der Waals surface area contributed by atoms with Crippen molar-refractivity contribution in [2.45, 2.75) is 6.61 Å². The van der Waals surface area contributed by atoms with E-state index in [1.54, 1.807) is 36.1 Å². The van der Waals surface area contributed by atoms with Crippen LogP contribution in [0.4, 0.5) is 10.1 Å². The highest BCUT2D eigenvalue weighted by atomic mass is 19.1. The smallest absolute Gasteiger partial charge is 0.237 e. The first-order valence-corrected chi connectivity index (χ1v) is 6.17. The van der Waals surface area contributed by atoms with Gasteiger partial charge in [0.15, 0.2) is 0 Å². The molecule has 0 amide bonds. The average Bonchev–Trinajstić information content (AvgIpc) is 2.93. The topological polar surface area (TPSA) is 99.0 Å². The second-order valence-corrected chi connectivity index (χ2v) is 4.21. The summed E-state index contributed by atoms with van der Waals surface area (Å²) in [6.07, 6.45) is 1.78. The van der Waals surface area contributed by atoms with Crippen molar-refractivity contribution in [2.24, 2.45) is 12.1 Å². The minimum absolute atomic E-state index is 0.189. The molecule has 0 aliphatic carbocycles. The lowest BCUT2D eigenvalue weighted by Crippen LogP contribution is -2.02. The van der Waals surface area contributed by atoms with Crippen LogP contribution >= 0.6 is 0 Å². The summed E-state index contributed by atoms with van der Waals surface area (Å²) in [5.41, 5.74) is 2.99. The van der Waals surface area contributed by atoms with Crippen LogP contribution in [0.2, 0.25) is 0 Å². The number of hydrazone groups is 1. The largest absolute Gasteiger partial charge is 0.485 e. The van der Waals surface area contributed by atoms with Gasteiger partial charge in [-0.1, -0.05) is 0 Å². The van der Waals surface area contributed by atoms with E-state index in [-0.39, 0.29) is 18.0 Å². The summed E-state index contributed by atoms with van der Waals surface area (Å²) in [6.45, 7) is 0.189. The molecule has 0 spiro atoms. The van der Waals surface area contributed by atoms with Crippen LogP contribution in [0.25, 0.3) is 0 Å². The molecule has 0 saturated heterocycles. The van der Waals surface area contributed by atoms with E-state index in [4.69, 9.17) is 15.3 Å². The maximum absolute atomic E-state index is 13.3. The molecule has 2 rings (SSSR count). The zero-order valence-electron chi connectivity index (χ0n) is 11.6. The number of nitrogens with zero attached hydrogens (tertiary/aromatic N) is 5. The number of hydrogen-bond donors (Lipinski definition) is 1. The monoisotopic (exact) mass is 298 g/mol. The highest BCUT2D eigenvalue weighted by Gasteiger charge is 2.07. The highest BCUT2D eigenvalue weighted by molar-refractivity contribution is 6.10. The zero-order chi connectivity index (χ0) is 15.9. The molecule has 0 radical (unpaired) electrons. The SMILES string of the molecule is Cn1ccc(COc2ccc(F)cc2NN=C(C#N)C#N)n1. The quantitative estimate of drug-likeness (QED) is 0.672. The molecule has 0 saturated carbocycles. The maximum Gasteiger partial charge on any atom is 0.237 e. The molecular formula is C14H11FN6O. The molecule has 1 N–H and O–H groups in total. The van der Waals surface area contributed by atoms with E-state index in [1.807, 2.05) is 0 Å². The maximum atomic E-state index is 13.3. The van der Waals surface area contributed by atoms with Gasteiger partial charge >= 0.3 is 0 Å². The Bertz CT molecular complexity index is 767. The number of rotatable bonds is 5. The highest BCUT2D eigenvalue weighted by Crippen LogP contribution is 2.26. The molecule has 1 aromatic carbocycles. The van der Waals surface area contributed by atoms with Gasteiger partial charge in [-0.05, 0) is 18.2 Å². The van der Waals surface area contributed by atoms with Gasteiger partial charge in [-0.3, -0.25) is 10.1 Å². The summed E-state index contributed by atoms with van der Waals surface area (Å²) in [4.78, 5) is 0. The molecule has 1 aromatic heterocycles. The number of ether oxygens (including phenoxy) is 1. The van der Waals surface area contributed by atoms with Gasteiger partial charge in [0.25, 0.3) is 0 Å². The van der Waals surface area contributed by atoms with Gasteiger partial charge in [0.2, 0.25) is 5.71 Å². The van der Waals surface area contributed by atoms with Crippen molar-refractivity contribution in [3.05, 3.63) is 42.0 Å². The van der Waals surface area contributed by atoms with Crippen LogP contribution in [0.15, 0.2) is 35.6 Å². The fourth-order valence-corrected chi connectivity index (χ4v) is 1.60. The van der Waals surface area contributed by atoms with Crippen LogP contribution < -0.4 is 10.2 Å². The standard InChI is InChI=1S/C14H11FN6O/c1-21-5-4-11(20-21)9-22-14-3-2-10(15)6-13(14)19-18-12(7-16)8-17/h2-6,19H,9H2,1H3. The first-order valence-electron chi connectivity index (χ1n) is 6.17. The molecule has 7 nitrogen and oxygen atoms in total. The van der Waals surface area contributed by atoms with Gasteiger partial charge in [-0.25, -0.2) is 4.39 Å². The van der Waals surface area contributed by atoms with Crippen molar-refractivity contribution in [1.82, 2.24) is 9.78 Å². The third-order valence-corrected chi connectivity index (χ3v) is 2.59. The van der Waals surface area contributed by atoms with Crippen LogP contribution in [0.3, 0.4) is 0 Å². The van der Waals surface area contributed by atoms with E-state index in [9.17, 15) is 4.39 Å². The molecule has 0 atom stereocenters. The van der Waals surface area contributed by atoms with Crippen LogP contribution in [0, 0.1) is 28.5 Å². The number of hydrogen-bond acceptors (Lipinski definition) is 6. The summed E-state index contributed by atoms with van der Waals surface area (Å²) in [6, 6.07) is 8.80. The lowest BCUT2D eigenvalue weighted by atomic mass is 10.3. The average molecular weight is 298 g/mol. The van der Waals surface area contributed by atoms with E-state index in [1.165, 1.54) is 12.1 Å². The number of anilines is 1. The lowest BCUT2D eigenvalue weighted by molar-refractivity contribution is 0.301. The van der Waals surface area contributed by atoms with E-state index < -0.39 is 5.82 Å². The molecule has 22 heavy (non-hydrogen) atoms. The number of aromatic nitrogens is 2. The van der Waals surface area contributed by atoms with Crippen molar-refractivity contribution in [3.8, 4) is 17.9 Å². The summed E-state index contributed by atoms with van der Waals surface area (Å²) >= 11 is 0. The molecule has 0 bridgehead atoms. The number of nitrogens with one attached hydrogen (secondary N) is 1. The van der Waals surface area contributed by atoms with Gasteiger partial charge < -0.3 is 4.74 Å². The van der Waals surface area contributed by atoms with E-state index in [0.29, 0.717) is 11.4 Å². The van der Waals surface area contributed by atoms with Crippen LogP contribution in [-0.2, 0) is 13.7 Å². The number of nitriles is 2. The lowest BCUT2D eigenvalue weighted by Gasteiger charge is -2.10. The van der Waals surface area contributed by atoms with Crippen molar-refractivity contribution >= 4 is 11.4 Å². The Hall–Kier alpha value is -3.39. The Kier molecular flexibility index (Phi) is 4.68. The number of benzene rings is 1. The first kappa shape index (κ1) is 15.0. The van der Waals surface area contributed by atoms with Gasteiger partial charge in [-0.15, -0.1) is 0 Å². The molecule has 0 fully saturated rings. The minimum Gasteiger partial charge on any atom is -0.485 e. The molecule has 0 aliphatic rings. The summed E-state index contributed by atoms with van der Waals surface area (Å²) in [5, 5.41) is 25.0. The zero-order valence-corrected chi connectivity index (χ0v) is 11.6. The third kappa shape index (κ3) is 3.81. The summed E-state index contributed by atoms with van der Waals surface area (Å²) < 4.78 is 20.5. The van der Waals surface area contributed by atoms with Crippen molar-refractivity contribution in [1.29, 1.82) is 10.5 Å². The Morgan fingerprint density at radius 1 is 1.41 bits per heavy atom. The Morgan fingerprint density at radius 3 is 2.82 bits per heavy atom. The predicted octanol–water partition coefficient (Wildman–Crippen LogP) is 1.95. The van der Waals surface area contributed by atoms with Crippen molar-refractivity contribution in [2.75, 3.05) is 5.43 Å². The number of aryl methyl sites for hydroxylation is 1. The third-order valence-electron chi connectivity index (χ3n) is 2.59. The van der Waals surface area contributed by atoms with Gasteiger partial charge in [-0.2, -0.15) is 20.7 Å². The van der Waals surface area contributed by atoms with E-state index in [2.05, 4.69) is 15.6 Å². The van der Waals surface area contributed by atoms with Gasteiger partial charge in [0.05, 0.1) is 5.69 Å². The molecule has 0 unspecified atom stereocenters.